The SMILES string of the molecule is CN(C)c1nc(NC2CCC(NC(=O)Nc3cc(F)cc(F)c3)CC2)nc2ccccc12. The Hall–Kier alpha value is -3.49. The highest BCUT2D eigenvalue weighted by atomic mass is 19.1. The van der Waals surface area contributed by atoms with E-state index in [2.05, 4.69) is 25.9 Å². The number of nitrogens with zero attached hydrogens (tertiary/aromatic N) is 3. The zero-order valence-electron chi connectivity index (χ0n) is 18.0. The molecule has 1 aromatic heterocycles. The van der Waals surface area contributed by atoms with Gasteiger partial charge >= 0.3 is 6.03 Å². The molecule has 0 unspecified atom stereocenters. The predicted octanol–water partition coefficient (Wildman–Crippen LogP) is 4.52. The molecule has 1 saturated carbocycles. The second-order valence-corrected chi connectivity index (χ2v) is 8.23. The van der Waals surface area contributed by atoms with Crippen LogP contribution in [-0.2, 0) is 0 Å². The van der Waals surface area contributed by atoms with Crippen molar-refractivity contribution in [2.24, 2.45) is 0 Å². The summed E-state index contributed by atoms with van der Waals surface area (Å²) in [7, 11) is 3.91. The van der Waals surface area contributed by atoms with E-state index >= 15 is 0 Å². The smallest absolute Gasteiger partial charge is 0.319 e. The zero-order chi connectivity index (χ0) is 22.7. The molecule has 1 aliphatic carbocycles. The third kappa shape index (κ3) is 5.22. The van der Waals surface area contributed by atoms with Gasteiger partial charge in [0.2, 0.25) is 5.95 Å². The number of anilines is 3. The van der Waals surface area contributed by atoms with Gasteiger partial charge in [0.1, 0.15) is 17.5 Å². The summed E-state index contributed by atoms with van der Waals surface area (Å²) in [6.45, 7) is 0. The van der Waals surface area contributed by atoms with Crippen LogP contribution in [-0.4, -0.2) is 42.2 Å². The lowest BCUT2D eigenvalue weighted by Crippen LogP contribution is -2.42. The van der Waals surface area contributed by atoms with Crippen LogP contribution >= 0.6 is 0 Å². The summed E-state index contributed by atoms with van der Waals surface area (Å²) in [5, 5.41) is 9.80. The van der Waals surface area contributed by atoms with Crippen LogP contribution < -0.4 is 20.9 Å². The first-order valence-electron chi connectivity index (χ1n) is 10.6. The van der Waals surface area contributed by atoms with Crippen LogP contribution in [0.4, 0.5) is 31.0 Å². The Bertz CT molecular complexity index is 1090. The number of hydrogen-bond acceptors (Lipinski definition) is 5. The van der Waals surface area contributed by atoms with Crippen molar-refractivity contribution in [1.82, 2.24) is 15.3 Å². The van der Waals surface area contributed by atoms with E-state index in [1.807, 2.05) is 43.3 Å². The van der Waals surface area contributed by atoms with Crippen molar-refractivity contribution in [1.29, 1.82) is 0 Å². The normalized spacial score (nSPS) is 18.2. The maximum atomic E-state index is 13.3. The molecule has 32 heavy (non-hydrogen) atoms. The van der Waals surface area contributed by atoms with E-state index in [0.717, 1.165) is 60.6 Å². The Morgan fingerprint density at radius 2 is 1.62 bits per heavy atom. The van der Waals surface area contributed by atoms with E-state index in [0.29, 0.717) is 5.95 Å². The van der Waals surface area contributed by atoms with Crippen molar-refractivity contribution >= 4 is 34.4 Å². The van der Waals surface area contributed by atoms with Crippen LogP contribution in [0.15, 0.2) is 42.5 Å². The van der Waals surface area contributed by atoms with Gasteiger partial charge < -0.3 is 20.9 Å². The van der Waals surface area contributed by atoms with Gasteiger partial charge in [-0.05, 0) is 49.9 Å². The molecule has 0 aliphatic heterocycles. The Morgan fingerprint density at radius 1 is 0.969 bits per heavy atom. The van der Waals surface area contributed by atoms with E-state index in [9.17, 15) is 13.6 Å². The molecule has 1 heterocycles. The fraction of sp³-hybridized carbons (Fsp3) is 0.348. The first kappa shape index (κ1) is 21.7. The molecule has 0 radical (unpaired) electrons. The van der Waals surface area contributed by atoms with Gasteiger partial charge in [-0.1, -0.05) is 12.1 Å². The Labute approximate surface area is 185 Å². The fourth-order valence-electron chi connectivity index (χ4n) is 4.01. The predicted molar refractivity (Wildman–Crippen MR) is 122 cm³/mol. The van der Waals surface area contributed by atoms with E-state index in [-0.39, 0.29) is 17.8 Å². The minimum atomic E-state index is -0.736. The van der Waals surface area contributed by atoms with Crippen molar-refractivity contribution in [3.8, 4) is 0 Å². The Kier molecular flexibility index (Phi) is 6.34. The van der Waals surface area contributed by atoms with Gasteiger partial charge in [-0.25, -0.2) is 18.6 Å². The maximum Gasteiger partial charge on any atom is 0.319 e. The van der Waals surface area contributed by atoms with Crippen molar-refractivity contribution in [3.63, 3.8) is 0 Å². The molecule has 1 aliphatic rings. The number of hydrogen-bond donors (Lipinski definition) is 3. The van der Waals surface area contributed by atoms with Crippen LogP contribution in [0.3, 0.4) is 0 Å². The Morgan fingerprint density at radius 3 is 2.31 bits per heavy atom. The van der Waals surface area contributed by atoms with Crippen LogP contribution in [0.5, 0.6) is 0 Å². The highest BCUT2D eigenvalue weighted by molar-refractivity contribution is 5.90. The number of benzene rings is 2. The van der Waals surface area contributed by atoms with Gasteiger partial charge in [-0.3, -0.25) is 0 Å². The summed E-state index contributed by atoms with van der Waals surface area (Å²) >= 11 is 0. The largest absolute Gasteiger partial charge is 0.362 e. The summed E-state index contributed by atoms with van der Waals surface area (Å²) in [6, 6.07) is 10.5. The number of fused-ring (bicyclic) bond motifs is 1. The number of rotatable bonds is 5. The summed E-state index contributed by atoms with van der Waals surface area (Å²) in [5.74, 6) is -0.0194. The zero-order valence-corrected chi connectivity index (χ0v) is 18.0. The quantitative estimate of drug-likeness (QED) is 0.544. The molecule has 0 saturated heterocycles. The second-order valence-electron chi connectivity index (χ2n) is 8.23. The first-order valence-corrected chi connectivity index (χ1v) is 10.6. The van der Waals surface area contributed by atoms with Gasteiger partial charge in [0.15, 0.2) is 0 Å². The summed E-state index contributed by atoms with van der Waals surface area (Å²) in [5.41, 5.74) is 0.968. The summed E-state index contributed by atoms with van der Waals surface area (Å²) in [4.78, 5) is 23.5. The lowest BCUT2D eigenvalue weighted by atomic mass is 9.91. The minimum Gasteiger partial charge on any atom is -0.362 e. The monoisotopic (exact) mass is 440 g/mol. The summed E-state index contributed by atoms with van der Waals surface area (Å²) < 4.78 is 26.6. The molecular weight excluding hydrogens is 414 g/mol. The molecule has 9 heteroatoms. The topological polar surface area (TPSA) is 82.2 Å². The van der Waals surface area contributed by atoms with E-state index in [1.165, 1.54) is 0 Å². The van der Waals surface area contributed by atoms with Crippen molar-refractivity contribution in [2.45, 2.75) is 37.8 Å². The minimum absolute atomic E-state index is 0.0127. The van der Waals surface area contributed by atoms with Crippen LogP contribution in [0, 0.1) is 11.6 Å². The highest BCUT2D eigenvalue weighted by Gasteiger charge is 2.23. The molecule has 1 fully saturated rings. The fourth-order valence-corrected chi connectivity index (χ4v) is 4.01. The molecule has 3 N–H and O–H groups in total. The molecule has 7 nitrogen and oxygen atoms in total. The third-order valence-corrected chi connectivity index (χ3v) is 5.52. The number of aromatic nitrogens is 2. The van der Waals surface area contributed by atoms with Crippen LogP contribution in [0.25, 0.3) is 10.9 Å². The standard InChI is InChI=1S/C23H26F2N6O/c1-31(2)21-19-5-3-4-6-20(19)29-22(30-21)26-16-7-9-17(10-8-16)27-23(32)28-18-12-14(24)11-15(25)13-18/h3-6,11-13,16-17H,7-10H2,1-2H3,(H,26,29,30)(H2,27,28,32). The maximum absolute atomic E-state index is 13.3. The lowest BCUT2D eigenvalue weighted by molar-refractivity contribution is 0.243. The second kappa shape index (κ2) is 9.33. The van der Waals surface area contributed by atoms with E-state index in [1.54, 1.807) is 0 Å². The van der Waals surface area contributed by atoms with Crippen molar-refractivity contribution in [2.75, 3.05) is 29.6 Å². The number of para-hydroxylation sites is 1. The molecular formula is C23H26F2N6O. The molecule has 168 valence electrons. The van der Waals surface area contributed by atoms with Gasteiger partial charge in [0, 0.05) is 43.3 Å². The number of carbonyl (C=O) groups is 1. The van der Waals surface area contributed by atoms with Gasteiger partial charge in [0.05, 0.1) is 5.52 Å². The number of amides is 2. The molecule has 3 aromatic rings. The molecule has 0 atom stereocenters. The highest BCUT2D eigenvalue weighted by Crippen LogP contribution is 2.26. The van der Waals surface area contributed by atoms with Crippen LogP contribution in [0.1, 0.15) is 25.7 Å². The van der Waals surface area contributed by atoms with Crippen LogP contribution in [0.2, 0.25) is 0 Å². The van der Waals surface area contributed by atoms with E-state index in [4.69, 9.17) is 0 Å². The van der Waals surface area contributed by atoms with Gasteiger partial charge in [-0.15, -0.1) is 0 Å². The van der Waals surface area contributed by atoms with E-state index < -0.39 is 17.7 Å². The van der Waals surface area contributed by atoms with Crippen molar-refractivity contribution in [3.05, 3.63) is 54.1 Å². The molecule has 4 rings (SSSR count). The number of carbonyl (C=O) groups excluding carboxylic acids is 1. The molecule has 2 amide bonds. The number of urea groups is 1. The average molecular weight is 440 g/mol. The van der Waals surface area contributed by atoms with Gasteiger partial charge in [-0.2, -0.15) is 4.98 Å². The molecule has 0 spiro atoms. The average Bonchev–Trinajstić information content (AvgIpc) is 2.73. The number of nitrogens with one attached hydrogen (secondary N) is 3. The lowest BCUT2D eigenvalue weighted by Gasteiger charge is -2.30. The first-order chi connectivity index (χ1) is 15.4. The molecule has 0 bridgehead atoms. The number of halogens is 2. The van der Waals surface area contributed by atoms with Gasteiger partial charge in [0.25, 0.3) is 0 Å². The van der Waals surface area contributed by atoms with Crippen molar-refractivity contribution < 1.29 is 13.6 Å². The third-order valence-electron chi connectivity index (χ3n) is 5.52. The summed E-state index contributed by atoms with van der Waals surface area (Å²) in [6.07, 6.45) is 3.23. The molecule has 2 aromatic carbocycles. The Balaban J connectivity index is 1.32.